The maximum atomic E-state index is 10.3. The third-order valence-electron chi connectivity index (χ3n) is 4.25. The van der Waals surface area contributed by atoms with E-state index in [0.717, 1.165) is 30.6 Å². The molecule has 0 aromatic rings. The van der Waals surface area contributed by atoms with Gasteiger partial charge in [-0.2, -0.15) is 11.8 Å². The highest BCUT2D eigenvalue weighted by molar-refractivity contribution is 7.99. The molecule has 3 N–H and O–H groups in total. The molecule has 0 bridgehead atoms. The van der Waals surface area contributed by atoms with Crippen molar-refractivity contribution in [2.24, 2.45) is 4.99 Å². The maximum absolute atomic E-state index is 10.3. The van der Waals surface area contributed by atoms with E-state index in [4.69, 9.17) is 0 Å². The van der Waals surface area contributed by atoms with E-state index in [1.165, 1.54) is 19.3 Å². The van der Waals surface area contributed by atoms with Crippen molar-refractivity contribution >= 4 is 17.7 Å². The van der Waals surface area contributed by atoms with Crippen molar-refractivity contribution in [2.45, 2.75) is 69.8 Å². The molecular weight excluding hydrogens is 270 g/mol. The number of aliphatic imine (C=N–C) groups is 1. The molecule has 2 atom stereocenters. The van der Waals surface area contributed by atoms with Gasteiger partial charge < -0.3 is 15.7 Å². The minimum atomic E-state index is -0.667. The van der Waals surface area contributed by atoms with Crippen molar-refractivity contribution in [2.75, 3.05) is 19.3 Å². The zero-order valence-electron chi connectivity index (χ0n) is 13.4. The average Bonchev–Trinajstić information content (AvgIpc) is 2.92. The predicted molar refractivity (Wildman–Crippen MR) is 89.6 cm³/mol. The fourth-order valence-corrected chi connectivity index (χ4v) is 3.30. The monoisotopic (exact) mass is 301 g/mol. The van der Waals surface area contributed by atoms with Crippen LogP contribution in [-0.4, -0.2) is 47.3 Å². The van der Waals surface area contributed by atoms with Crippen LogP contribution >= 0.6 is 11.8 Å². The van der Waals surface area contributed by atoms with Gasteiger partial charge in [-0.25, -0.2) is 0 Å². The Bertz CT molecular complexity index is 305. The Hall–Kier alpha value is -0.420. The molecule has 1 rings (SSSR count). The fourth-order valence-electron chi connectivity index (χ4n) is 2.50. The second-order valence-corrected chi connectivity index (χ2v) is 6.78. The lowest BCUT2D eigenvalue weighted by molar-refractivity contribution is 0.0417. The summed E-state index contributed by atoms with van der Waals surface area (Å²) in [5.41, 5.74) is -0.667. The van der Waals surface area contributed by atoms with Gasteiger partial charge in [0.1, 0.15) is 0 Å². The maximum Gasteiger partial charge on any atom is 0.191 e. The summed E-state index contributed by atoms with van der Waals surface area (Å²) in [5.74, 6) is 0.847. The third kappa shape index (κ3) is 5.52. The van der Waals surface area contributed by atoms with Crippen molar-refractivity contribution in [3.05, 3.63) is 0 Å². The topological polar surface area (TPSA) is 56.7 Å². The molecule has 118 valence electrons. The molecule has 20 heavy (non-hydrogen) atoms. The van der Waals surface area contributed by atoms with E-state index < -0.39 is 5.60 Å². The number of nitrogens with one attached hydrogen (secondary N) is 2. The van der Waals surface area contributed by atoms with Gasteiger partial charge in [-0.3, -0.25) is 4.99 Å². The van der Waals surface area contributed by atoms with Crippen LogP contribution in [0, 0.1) is 0 Å². The molecule has 4 nitrogen and oxygen atoms in total. The molecule has 5 heteroatoms. The van der Waals surface area contributed by atoms with Crippen molar-refractivity contribution in [1.82, 2.24) is 10.6 Å². The van der Waals surface area contributed by atoms with E-state index in [0.29, 0.717) is 12.6 Å². The Kier molecular flexibility index (Phi) is 7.74. The second-order valence-electron chi connectivity index (χ2n) is 5.64. The summed E-state index contributed by atoms with van der Waals surface area (Å²) in [4.78, 5) is 4.58. The van der Waals surface area contributed by atoms with Crippen molar-refractivity contribution < 1.29 is 5.11 Å². The molecule has 0 heterocycles. The lowest BCUT2D eigenvalue weighted by atomic mass is 9.98. The molecule has 2 unspecified atom stereocenters. The van der Waals surface area contributed by atoms with Crippen LogP contribution in [0.4, 0.5) is 0 Å². The molecule has 1 saturated carbocycles. The van der Waals surface area contributed by atoms with Gasteiger partial charge >= 0.3 is 0 Å². The first-order valence-corrected chi connectivity index (χ1v) is 9.15. The predicted octanol–water partition coefficient (Wildman–Crippen LogP) is 2.38. The number of hydrogen-bond donors (Lipinski definition) is 3. The summed E-state index contributed by atoms with van der Waals surface area (Å²) < 4.78 is 0. The van der Waals surface area contributed by atoms with Gasteiger partial charge in [0.25, 0.3) is 0 Å². The number of aliphatic hydroxyl groups is 1. The Morgan fingerprint density at radius 1 is 1.30 bits per heavy atom. The molecular formula is C15H31N3OS. The van der Waals surface area contributed by atoms with Crippen molar-refractivity contribution in [3.8, 4) is 0 Å². The number of nitrogens with zero attached hydrogens (tertiary/aromatic N) is 1. The van der Waals surface area contributed by atoms with E-state index in [1.807, 2.05) is 25.6 Å². The minimum absolute atomic E-state index is 0.466. The molecule has 0 radical (unpaired) electrons. The number of thioether (sulfide) groups is 1. The van der Waals surface area contributed by atoms with Crippen LogP contribution in [-0.2, 0) is 0 Å². The van der Waals surface area contributed by atoms with Gasteiger partial charge in [0.15, 0.2) is 5.96 Å². The van der Waals surface area contributed by atoms with Gasteiger partial charge in [-0.15, -0.1) is 0 Å². The smallest absolute Gasteiger partial charge is 0.191 e. The van der Waals surface area contributed by atoms with E-state index >= 15 is 0 Å². The van der Waals surface area contributed by atoms with Gasteiger partial charge in [0.05, 0.1) is 12.1 Å². The summed E-state index contributed by atoms with van der Waals surface area (Å²) in [7, 11) is 0. The SMILES string of the molecule is CCNC(=NCC(O)(CC)CC)NC1CCC(SC)C1. The molecule has 0 aliphatic heterocycles. The number of rotatable bonds is 7. The van der Waals surface area contributed by atoms with Gasteiger partial charge in [-0.05, 0) is 45.3 Å². The highest BCUT2D eigenvalue weighted by Gasteiger charge is 2.25. The van der Waals surface area contributed by atoms with Gasteiger partial charge in [0.2, 0.25) is 0 Å². The van der Waals surface area contributed by atoms with Crippen LogP contribution in [0.3, 0.4) is 0 Å². The Morgan fingerprint density at radius 2 is 2.00 bits per heavy atom. The summed E-state index contributed by atoms with van der Waals surface area (Å²) in [6, 6.07) is 0.515. The molecule has 1 aliphatic rings. The highest BCUT2D eigenvalue weighted by Crippen LogP contribution is 2.28. The van der Waals surface area contributed by atoms with Crippen LogP contribution in [0.1, 0.15) is 52.9 Å². The van der Waals surface area contributed by atoms with Crippen molar-refractivity contribution in [1.29, 1.82) is 0 Å². The summed E-state index contributed by atoms with van der Waals surface area (Å²) in [6.07, 6.45) is 7.37. The van der Waals surface area contributed by atoms with E-state index in [9.17, 15) is 5.11 Å². The number of hydrogen-bond acceptors (Lipinski definition) is 3. The van der Waals surface area contributed by atoms with E-state index in [2.05, 4.69) is 28.8 Å². The quantitative estimate of drug-likeness (QED) is 0.499. The van der Waals surface area contributed by atoms with Crippen LogP contribution in [0.5, 0.6) is 0 Å². The Balaban J connectivity index is 2.55. The zero-order chi connectivity index (χ0) is 15.0. The fraction of sp³-hybridized carbons (Fsp3) is 0.933. The molecule has 0 aromatic carbocycles. The Labute approximate surface area is 128 Å². The highest BCUT2D eigenvalue weighted by atomic mass is 32.2. The van der Waals surface area contributed by atoms with Crippen LogP contribution in [0.15, 0.2) is 4.99 Å². The summed E-state index contributed by atoms with van der Waals surface area (Å²) in [5, 5.41) is 17.9. The van der Waals surface area contributed by atoms with Crippen molar-refractivity contribution in [3.63, 3.8) is 0 Å². The van der Waals surface area contributed by atoms with Crippen LogP contribution < -0.4 is 10.6 Å². The third-order valence-corrected chi connectivity index (χ3v) is 5.35. The number of guanidine groups is 1. The lowest BCUT2D eigenvalue weighted by Gasteiger charge is -2.24. The second kappa shape index (κ2) is 8.78. The normalized spacial score (nSPS) is 23.9. The first-order chi connectivity index (χ1) is 9.56. The molecule has 0 saturated heterocycles. The van der Waals surface area contributed by atoms with E-state index in [1.54, 1.807) is 0 Å². The molecule has 0 aromatic heterocycles. The Morgan fingerprint density at radius 3 is 2.50 bits per heavy atom. The summed E-state index contributed by atoms with van der Waals surface area (Å²) >= 11 is 1.96. The van der Waals surface area contributed by atoms with Gasteiger partial charge in [0, 0.05) is 17.8 Å². The average molecular weight is 302 g/mol. The minimum Gasteiger partial charge on any atom is -0.388 e. The largest absolute Gasteiger partial charge is 0.388 e. The first-order valence-electron chi connectivity index (χ1n) is 7.86. The van der Waals surface area contributed by atoms with Crippen LogP contribution in [0.25, 0.3) is 0 Å². The standard InChI is InChI=1S/C15H31N3OS/c1-5-15(19,6-2)11-17-14(16-7-3)18-12-8-9-13(10-12)20-4/h12-13,19H,5-11H2,1-4H3,(H2,16,17,18). The van der Waals surface area contributed by atoms with Crippen LogP contribution in [0.2, 0.25) is 0 Å². The molecule has 1 fully saturated rings. The summed E-state index contributed by atoms with van der Waals surface area (Å²) in [6.45, 7) is 7.41. The zero-order valence-corrected chi connectivity index (χ0v) is 14.2. The molecule has 0 amide bonds. The molecule has 1 aliphatic carbocycles. The van der Waals surface area contributed by atoms with E-state index in [-0.39, 0.29) is 0 Å². The van der Waals surface area contributed by atoms with Gasteiger partial charge in [-0.1, -0.05) is 13.8 Å². The molecule has 0 spiro atoms. The lowest BCUT2D eigenvalue weighted by Crippen LogP contribution is -2.44. The first kappa shape index (κ1) is 17.6.